The Hall–Kier alpha value is -3.45. The SMILES string of the molecule is O=C(Nc1c(C(=O)Nc2ccccc2F)oc2ccccc12)c1cccs1. The largest absolute Gasteiger partial charge is 0.449 e. The fourth-order valence-corrected chi connectivity index (χ4v) is 3.27. The number of para-hydroxylation sites is 2. The van der Waals surface area contributed by atoms with Crippen molar-refractivity contribution in [2.24, 2.45) is 0 Å². The van der Waals surface area contributed by atoms with E-state index in [-0.39, 0.29) is 23.0 Å². The smallest absolute Gasteiger partial charge is 0.293 e. The lowest BCUT2D eigenvalue weighted by Crippen LogP contribution is -2.17. The van der Waals surface area contributed by atoms with E-state index in [4.69, 9.17) is 4.42 Å². The third kappa shape index (κ3) is 3.32. The second kappa shape index (κ2) is 7.05. The van der Waals surface area contributed by atoms with E-state index in [1.807, 2.05) is 0 Å². The Bertz CT molecular complexity index is 1140. The maximum atomic E-state index is 13.9. The number of thiophene rings is 1. The van der Waals surface area contributed by atoms with Gasteiger partial charge in [-0.2, -0.15) is 0 Å². The van der Waals surface area contributed by atoms with Crippen molar-refractivity contribution in [2.75, 3.05) is 10.6 Å². The monoisotopic (exact) mass is 380 g/mol. The van der Waals surface area contributed by atoms with E-state index in [0.717, 1.165) is 0 Å². The Labute approximate surface area is 157 Å². The molecule has 0 spiro atoms. The summed E-state index contributed by atoms with van der Waals surface area (Å²) in [4.78, 5) is 25.7. The molecule has 2 amide bonds. The summed E-state index contributed by atoms with van der Waals surface area (Å²) in [5, 5.41) is 7.59. The van der Waals surface area contributed by atoms with Gasteiger partial charge >= 0.3 is 0 Å². The Morgan fingerprint density at radius 2 is 1.67 bits per heavy atom. The molecule has 0 saturated carbocycles. The van der Waals surface area contributed by atoms with Gasteiger partial charge in [-0.05, 0) is 35.7 Å². The van der Waals surface area contributed by atoms with E-state index in [2.05, 4.69) is 10.6 Å². The number of fused-ring (bicyclic) bond motifs is 1. The van der Waals surface area contributed by atoms with Crippen molar-refractivity contribution in [3.63, 3.8) is 0 Å². The molecule has 0 aliphatic rings. The molecular formula is C20H13FN2O3S. The first-order chi connectivity index (χ1) is 13.1. The Morgan fingerprint density at radius 3 is 2.44 bits per heavy atom. The maximum Gasteiger partial charge on any atom is 0.293 e. The number of nitrogens with one attached hydrogen (secondary N) is 2. The zero-order valence-electron chi connectivity index (χ0n) is 13.9. The van der Waals surface area contributed by atoms with Crippen LogP contribution in [0.1, 0.15) is 20.2 Å². The lowest BCUT2D eigenvalue weighted by molar-refractivity contribution is 0.0999. The molecule has 0 bridgehead atoms. The van der Waals surface area contributed by atoms with E-state index >= 15 is 0 Å². The number of carbonyl (C=O) groups is 2. The number of benzene rings is 2. The van der Waals surface area contributed by atoms with E-state index in [0.29, 0.717) is 15.8 Å². The molecular weight excluding hydrogens is 367 g/mol. The highest BCUT2D eigenvalue weighted by molar-refractivity contribution is 7.12. The second-order valence-corrected chi connectivity index (χ2v) is 6.62. The number of anilines is 2. The van der Waals surface area contributed by atoms with Crippen LogP contribution in [-0.4, -0.2) is 11.8 Å². The van der Waals surface area contributed by atoms with Gasteiger partial charge in [-0.3, -0.25) is 9.59 Å². The molecule has 0 radical (unpaired) electrons. The Morgan fingerprint density at radius 1 is 0.889 bits per heavy atom. The molecule has 2 heterocycles. The van der Waals surface area contributed by atoms with Crippen LogP contribution in [0, 0.1) is 5.82 Å². The number of hydrogen-bond acceptors (Lipinski definition) is 4. The molecule has 134 valence electrons. The number of carbonyl (C=O) groups excluding carboxylic acids is 2. The lowest BCUT2D eigenvalue weighted by Gasteiger charge is -2.07. The summed E-state index contributed by atoms with van der Waals surface area (Å²) >= 11 is 1.28. The molecule has 4 rings (SSSR count). The highest BCUT2D eigenvalue weighted by Crippen LogP contribution is 2.32. The molecule has 2 aromatic heterocycles. The van der Waals surface area contributed by atoms with Gasteiger partial charge in [0.2, 0.25) is 5.76 Å². The molecule has 2 aromatic carbocycles. The second-order valence-electron chi connectivity index (χ2n) is 5.67. The number of hydrogen-bond donors (Lipinski definition) is 2. The standard InChI is InChI=1S/C20H13FN2O3S/c21-13-7-2-3-8-14(13)22-20(25)18-17(12-6-1-4-9-15(12)26-18)23-19(24)16-10-5-11-27-16/h1-11H,(H,22,25)(H,23,24). The summed E-state index contributed by atoms with van der Waals surface area (Å²) in [6.45, 7) is 0. The summed E-state index contributed by atoms with van der Waals surface area (Å²) in [5.74, 6) is -1.66. The number of amides is 2. The molecule has 0 atom stereocenters. The minimum absolute atomic E-state index is 0.0264. The third-order valence-electron chi connectivity index (χ3n) is 3.91. The van der Waals surface area contributed by atoms with Gasteiger partial charge in [-0.1, -0.05) is 30.3 Å². The van der Waals surface area contributed by atoms with Crippen molar-refractivity contribution >= 4 is 45.5 Å². The molecule has 0 fully saturated rings. The van der Waals surface area contributed by atoms with Gasteiger partial charge in [0.05, 0.1) is 10.6 Å². The predicted octanol–water partition coefficient (Wildman–Crippen LogP) is 5.14. The van der Waals surface area contributed by atoms with Crippen LogP contribution in [0.3, 0.4) is 0 Å². The average Bonchev–Trinajstić information content (AvgIpc) is 3.32. The van der Waals surface area contributed by atoms with Crippen LogP contribution < -0.4 is 10.6 Å². The summed E-state index contributed by atoms with van der Waals surface area (Å²) in [7, 11) is 0. The van der Waals surface area contributed by atoms with E-state index in [9.17, 15) is 14.0 Å². The summed E-state index contributed by atoms with van der Waals surface area (Å²) in [5.41, 5.74) is 0.717. The normalized spacial score (nSPS) is 10.7. The van der Waals surface area contributed by atoms with Crippen molar-refractivity contribution in [2.45, 2.75) is 0 Å². The van der Waals surface area contributed by atoms with Gasteiger partial charge < -0.3 is 15.1 Å². The van der Waals surface area contributed by atoms with Crippen LogP contribution in [0.25, 0.3) is 11.0 Å². The molecule has 27 heavy (non-hydrogen) atoms. The minimum Gasteiger partial charge on any atom is -0.449 e. The van der Waals surface area contributed by atoms with Crippen molar-refractivity contribution in [1.82, 2.24) is 0 Å². The zero-order valence-corrected chi connectivity index (χ0v) is 14.7. The van der Waals surface area contributed by atoms with Crippen molar-refractivity contribution < 1.29 is 18.4 Å². The lowest BCUT2D eigenvalue weighted by atomic mass is 10.2. The molecule has 0 unspecified atom stereocenters. The molecule has 7 heteroatoms. The molecule has 4 aromatic rings. The Balaban J connectivity index is 1.72. The number of halogens is 1. The van der Waals surface area contributed by atoms with Gasteiger partial charge in [-0.15, -0.1) is 11.3 Å². The van der Waals surface area contributed by atoms with Gasteiger partial charge in [0.15, 0.2) is 0 Å². The summed E-state index contributed by atoms with van der Waals surface area (Å²) < 4.78 is 19.5. The van der Waals surface area contributed by atoms with Crippen LogP contribution >= 0.6 is 11.3 Å². The third-order valence-corrected chi connectivity index (χ3v) is 4.78. The van der Waals surface area contributed by atoms with Gasteiger partial charge in [0, 0.05) is 5.39 Å². The molecule has 5 nitrogen and oxygen atoms in total. The van der Waals surface area contributed by atoms with Gasteiger partial charge in [0.25, 0.3) is 11.8 Å². The predicted molar refractivity (Wildman–Crippen MR) is 103 cm³/mol. The van der Waals surface area contributed by atoms with Crippen LogP contribution in [0.2, 0.25) is 0 Å². The number of rotatable bonds is 4. The van der Waals surface area contributed by atoms with E-state index in [1.54, 1.807) is 47.8 Å². The molecule has 2 N–H and O–H groups in total. The Kier molecular flexibility index (Phi) is 4.43. The molecule has 0 saturated heterocycles. The first kappa shape index (κ1) is 17.0. The van der Waals surface area contributed by atoms with Crippen molar-refractivity contribution in [3.05, 3.63) is 82.5 Å². The summed E-state index contributed by atoms with van der Waals surface area (Å²) in [6, 6.07) is 16.2. The summed E-state index contributed by atoms with van der Waals surface area (Å²) in [6.07, 6.45) is 0. The average molecular weight is 380 g/mol. The first-order valence-electron chi connectivity index (χ1n) is 8.06. The first-order valence-corrected chi connectivity index (χ1v) is 8.94. The maximum absolute atomic E-state index is 13.9. The highest BCUT2D eigenvalue weighted by atomic mass is 32.1. The van der Waals surface area contributed by atoms with Crippen LogP contribution in [0.4, 0.5) is 15.8 Å². The zero-order chi connectivity index (χ0) is 18.8. The van der Waals surface area contributed by atoms with Crippen LogP contribution in [0.15, 0.2) is 70.5 Å². The molecule has 0 aliphatic heterocycles. The van der Waals surface area contributed by atoms with E-state index < -0.39 is 11.7 Å². The van der Waals surface area contributed by atoms with Gasteiger partial charge in [0.1, 0.15) is 17.1 Å². The fourth-order valence-electron chi connectivity index (χ4n) is 2.65. The minimum atomic E-state index is -0.655. The quantitative estimate of drug-likeness (QED) is 0.515. The van der Waals surface area contributed by atoms with Crippen molar-refractivity contribution in [1.29, 1.82) is 0 Å². The van der Waals surface area contributed by atoms with E-state index in [1.165, 1.54) is 29.5 Å². The molecule has 0 aliphatic carbocycles. The highest BCUT2D eigenvalue weighted by Gasteiger charge is 2.23. The van der Waals surface area contributed by atoms with Crippen LogP contribution in [0.5, 0.6) is 0 Å². The van der Waals surface area contributed by atoms with Crippen molar-refractivity contribution in [3.8, 4) is 0 Å². The fraction of sp³-hybridized carbons (Fsp3) is 0. The number of furan rings is 1. The van der Waals surface area contributed by atoms with Gasteiger partial charge in [-0.25, -0.2) is 4.39 Å². The topological polar surface area (TPSA) is 71.3 Å². The van der Waals surface area contributed by atoms with Crippen LogP contribution in [-0.2, 0) is 0 Å².